The van der Waals surface area contributed by atoms with Crippen molar-refractivity contribution in [1.29, 1.82) is 5.26 Å². The summed E-state index contributed by atoms with van der Waals surface area (Å²) in [5, 5.41) is 9.04. The van der Waals surface area contributed by atoms with E-state index < -0.39 is 12.6 Å². The Bertz CT molecular complexity index is 509. The summed E-state index contributed by atoms with van der Waals surface area (Å²) >= 11 is 0. The van der Waals surface area contributed by atoms with Crippen molar-refractivity contribution < 1.29 is 23.0 Å². The zero-order valence-corrected chi connectivity index (χ0v) is 10.6. The Morgan fingerprint density at radius 2 is 2.16 bits per heavy atom. The maximum absolute atomic E-state index is 12.4. The van der Waals surface area contributed by atoms with E-state index in [4.69, 9.17) is 5.26 Å². The molecular formula is C13H13F2NO3. The fourth-order valence-corrected chi connectivity index (χ4v) is 1.61. The maximum atomic E-state index is 12.4. The number of hydrogen-bond acceptors (Lipinski definition) is 4. The van der Waals surface area contributed by atoms with Gasteiger partial charge in [0, 0.05) is 5.56 Å². The summed E-state index contributed by atoms with van der Waals surface area (Å²) in [5.74, 6) is -0.781. The van der Waals surface area contributed by atoms with E-state index in [2.05, 4.69) is 9.47 Å². The number of aryl methyl sites for hydroxylation is 1. The molecule has 0 saturated carbocycles. The van der Waals surface area contributed by atoms with Crippen LogP contribution in [0.25, 0.3) is 0 Å². The lowest BCUT2D eigenvalue weighted by Crippen LogP contribution is -2.11. The van der Waals surface area contributed by atoms with Gasteiger partial charge in [-0.1, -0.05) is 6.92 Å². The largest absolute Gasteiger partial charge is 0.469 e. The first-order valence-electron chi connectivity index (χ1n) is 5.59. The van der Waals surface area contributed by atoms with Crippen LogP contribution in [-0.2, 0) is 22.4 Å². The van der Waals surface area contributed by atoms with Gasteiger partial charge in [0.1, 0.15) is 5.75 Å². The molecule has 0 N–H and O–H groups in total. The van der Waals surface area contributed by atoms with E-state index in [-0.39, 0.29) is 23.3 Å². The van der Waals surface area contributed by atoms with E-state index in [0.717, 1.165) is 0 Å². The maximum Gasteiger partial charge on any atom is 0.387 e. The lowest BCUT2D eigenvalue weighted by molar-refractivity contribution is -0.139. The molecule has 1 aromatic rings. The highest BCUT2D eigenvalue weighted by molar-refractivity contribution is 5.75. The SMILES string of the molecule is CCc1cc(C#N)c(CC(=O)OC)c(OC(F)F)c1. The van der Waals surface area contributed by atoms with Gasteiger partial charge in [-0.25, -0.2) is 0 Å². The minimum absolute atomic E-state index is 0.117. The number of nitrogens with zero attached hydrogens (tertiary/aromatic N) is 1. The summed E-state index contributed by atoms with van der Waals surface area (Å²) in [7, 11) is 1.18. The van der Waals surface area contributed by atoms with Crippen molar-refractivity contribution >= 4 is 5.97 Å². The molecule has 0 fully saturated rings. The molecule has 0 bridgehead atoms. The molecule has 0 atom stereocenters. The zero-order chi connectivity index (χ0) is 14.4. The number of hydrogen-bond donors (Lipinski definition) is 0. The molecule has 0 aliphatic heterocycles. The standard InChI is InChI=1S/C13H13F2NO3/c1-3-8-4-9(7-16)10(6-12(17)18-2)11(5-8)19-13(14)15/h4-5,13H,3,6H2,1-2H3. The zero-order valence-electron chi connectivity index (χ0n) is 10.6. The molecule has 0 amide bonds. The minimum Gasteiger partial charge on any atom is -0.469 e. The number of rotatable bonds is 5. The quantitative estimate of drug-likeness (QED) is 0.770. The van der Waals surface area contributed by atoms with E-state index in [9.17, 15) is 13.6 Å². The van der Waals surface area contributed by atoms with Crippen LogP contribution in [0.3, 0.4) is 0 Å². The number of methoxy groups -OCH3 is 1. The van der Waals surface area contributed by atoms with E-state index in [0.29, 0.717) is 12.0 Å². The number of halogens is 2. The number of ether oxygens (including phenoxy) is 2. The van der Waals surface area contributed by atoms with Gasteiger partial charge < -0.3 is 9.47 Å². The van der Waals surface area contributed by atoms with Crippen molar-refractivity contribution in [3.8, 4) is 11.8 Å². The van der Waals surface area contributed by atoms with Crippen molar-refractivity contribution in [1.82, 2.24) is 0 Å². The van der Waals surface area contributed by atoms with Crippen LogP contribution in [-0.4, -0.2) is 19.7 Å². The lowest BCUT2D eigenvalue weighted by Gasteiger charge is -2.13. The number of nitriles is 1. The molecule has 0 aliphatic rings. The Morgan fingerprint density at radius 1 is 1.47 bits per heavy atom. The molecular weight excluding hydrogens is 256 g/mol. The van der Waals surface area contributed by atoms with Crippen LogP contribution in [0.5, 0.6) is 5.75 Å². The third-order valence-corrected chi connectivity index (χ3v) is 2.56. The molecule has 0 saturated heterocycles. The van der Waals surface area contributed by atoms with Crippen LogP contribution >= 0.6 is 0 Å². The van der Waals surface area contributed by atoms with Crippen LogP contribution in [0.1, 0.15) is 23.6 Å². The highest BCUT2D eigenvalue weighted by Crippen LogP contribution is 2.27. The van der Waals surface area contributed by atoms with Crippen LogP contribution in [0.15, 0.2) is 12.1 Å². The number of esters is 1. The first-order valence-corrected chi connectivity index (χ1v) is 5.59. The highest BCUT2D eigenvalue weighted by atomic mass is 19.3. The summed E-state index contributed by atoms with van der Waals surface area (Å²) in [6.07, 6.45) is 0.276. The van der Waals surface area contributed by atoms with E-state index in [1.165, 1.54) is 13.2 Å². The number of benzene rings is 1. The molecule has 0 unspecified atom stereocenters. The fraction of sp³-hybridized carbons (Fsp3) is 0.385. The molecule has 0 aromatic heterocycles. The van der Waals surface area contributed by atoms with Gasteiger partial charge in [0.15, 0.2) is 0 Å². The minimum atomic E-state index is -3.02. The van der Waals surface area contributed by atoms with E-state index in [1.807, 2.05) is 13.0 Å². The topological polar surface area (TPSA) is 59.3 Å². The summed E-state index contributed by atoms with van der Waals surface area (Å²) in [6, 6.07) is 4.84. The summed E-state index contributed by atoms with van der Waals surface area (Å²) in [4.78, 5) is 11.3. The smallest absolute Gasteiger partial charge is 0.387 e. The Balaban J connectivity index is 3.29. The van der Waals surface area contributed by atoms with Crippen molar-refractivity contribution in [2.75, 3.05) is 7.11 Å². The molecule has 0 heterocycles. The average Bonchev–Trinajstić information content (AvgIpc) is 2.39. The van der Waals surface area contributed by atoms with Crippen LogP contribution in [0.2, 0.25) is 0 Å². The second-order valence-corrected chi connectivity index (χ2v) is 3.72. The van der Waals surface area contributed by atoms with E-state index in [1.54, 1.807) is 6.07 Å². The Hall–Kier alpha value is -2.16. The van der Waals surface area contributed by atoms with Gasteiger partial charge >= 0.3 is 12.6 Å². The molecule has 6 heteroatoms. The van der Waals surface area contributed by atoms with Crippen molar-refractivity contribution in [3.63, 3.8) is 0 Å². The van der Waals surface area contributed by atoms with Gasteiger partial charge in [0.05, 0.1) is 25.2 Å². The first kappa shape index (κ1) is 14.9. The van der Waals surface area contributed by atoms with Gasteiger partial charge in [-0.15, -0.1) is 0 Å². The summed E-state index contributed by atoms with van der Waals surface area (Å²) in [6.45, 7) is -1.20. The molecule has 1 rings (SSSR count). The molecule has 19 heavy (non-hydrogen) atoms. The monoisotopic (exact) mass is 269 g/mol. The summed E-state index contributed by atoms with van der Waals surface area (Å²) < 4.78 is 33.6. The van der Waals surface area contributed by atoms with Crippen LogP contribution < -0.4 is 4.74 Å². The third-order valence-electron chi connectivity index (χ3n) is 2.56. The number of carbonyl (C=O) groups is 1. The third kappa shape index (κ3) is 3.91. The Morgan fingerprint density at radius 3 is 2.63 bits per heavy atom. The predicted octanol–water partition coefficient (Wildman–Crippen LogP) is 2.44. The van der Waals surface area contributed by atoms with Gasteiger partial charge in [-0.05, 0) is 24.1 Å². The number of carbonyl (C=O) groups excluding carboxylic acids is 1. The van der Waals surface area contributed by atoms with Crippen molar-refractivity contribution in [3.05, 3.63) is 28.8 Å². The van der Waals surface area contributed by atoms with Gasteiger partial charge in [0.2, 0.25) is 0 Å². The molecule has 1 aromatic carbocycles. The van der Waals surface area contributed by atoms with Gasteiger partial charge in [-0.2, -0.15) is 14.0 Å². The highest BCUT2D eigenvalue weighted by Gasteiger charge is 2.18. The second-order valence-electron chi connectivity index (χ2n) is 3.72. The van der Waals surface area contributed by atoms with E-state index >= 15 is 0 Å². The number of alkyl halides is 2. The van der Waals surface area contributed by atoms with Crippen LogP contribution in [0, 0.1) is 11.3 Å². The summed E-state index contributed by atoms with van der Waals surface area (Å²) in [5.41, 5.74) is 0.938. The molecule has 4 nitrogen and oxygen atoms in total. The van der Waals surface area contributed by atoms with Gasteiger partial charge in [0.25, 0.3) is 0 Å². The lowest BCUT2D eigenvalue weighted by atomic mass is 9.99. The van der Waals surface area contributed by atoms with Crippen molar-refractivity contribution in [2.45, 2.75) is 26.4 Å². The Labute approximate surface area is 109 Å². The van der Waals surface area contributed by atoms with Gasteiger partial charge in [-0.3, -0.25) is 4.79 Å². The molecule has 102 valence electrons. The molecule has 0 radical (unpaired) electrons. The van der Waals surface area contributed by atoms with Crippen LogP contribution in [0.4, 0.5) is 8.78 Å². The second kappa shape index (κ2) is 6.69. The molecule has 0 spiro atoms. The normalized spacial score (nSPS) is 10.1. The average molecular weight is 269 g/mol. The first-order chi connectivity index (χ1) is 9.01. The molecule has 0 aliphatic carbocycles. The fourth-order valence-electron chi connectivity index (χ4n) is 1.61. The Kier molecular flexibility index (Phi) is 5.24. The predicted molar refractivity (Wildman–Crippen MR) is 62.9 cm³/mol. The van der Waals surface area contributed by atoms with Crippen molar-refractivity contribution in [2.24, 2.45) is 0 Å².